The molecular formula is C63H92O26. The van der Waals surface area contributed by atoms with Gasteiger partial charge >= 0.3 is 17.9 Å². The fourth-order valence-electron chi connectivity index (χ4n) is 17.7. The summed E-state index contributed by atoms with van der Waals surface area (Å²) in [5.74, 6) is -3.70. The van der Waals surface area contributed by atoms with Crippen LogP contribution in [0.5, 0.6) is 0 Å². The predicted octanol–water partition coefficient (Wildman–Crippen LogP) is -0.444. The van der Waals surface area contributed by atoms with E-state index in [-0.39, 0.29) is 18.3 Å². The highest BCUT2D eigenvalue weighted by atomic mass is 16.8. The van der Waals surface area contributed by atoms with Gasteiger partial charge in [0.2, 0.25) is 0 Å². The van der Waals surface area contributed by atoms with E-state index in [1.54, 1.807) is 6.08 Å². The number of allylic oxidation sites excluding steroid dienone is 2. The first-order valence-electron chi connectivity index (χ1n) is 31.0. The summed E-state index contributed by atoms with van der Waals surface area (Å²) in [5, 5.41) is 144. The van der Waals surface area contributed by atoms with Crippen LogP contribution < -0.4 is 0 Å². The smallest absolute Gasteiger partial charge is 0.335 e. The van der Waals surface area contributed by atoms with E-state index in [9.17, 15) is 80.8 Å². The average molecular weight is 1270 g/mol. The Balaban J connectivity index is 0.958. The number of aliphatic carboxylic acids is 1. The summed E-state index contributed by atoms with van der Waals surface area (Å²) in [4.78, 5) is 40.0. The monoisotopic (exact) mass is 1260 g/mol. The van der Waals surface area contributed by atoms with Crippen molar-refractivity contribution in [1.82, 2.24) is 0 Å². The number of fused-ring (bicyclic) bond motifs is 7. The first-order valence-corrected chi connectivity index (χ1v) is 31.0. The van der Waals surface area contributed by atoms with Gasteiger partial charge in [-0.3, -0.25) is 4.79 Å². The van der Waals surface area contributed by atoms with Crippen molar-refractivity contribution in [2.24, 2.45) is 50.2 Å². The Bertz CT molecular complexity index is 2750. The van der Waals surface area contributed by atoms with Gasteiger partial charge in [-0.05, 0) is 96.0 Å². The summed E-state index contributed by atoms with van der Waals surface area (Å²) in [7, 11) is 0. The highest BCUT2D eigenvalue weighted by molar-refractivity contribution is 5.87. The molecule has 0 radical (unpaired) electrons. The molecule has 1 aromatic rings. The largest absolute Gasteiger partial charge is 0.479 e. The zero-order chi connectivity index (χ0) is 64.8. The Kier molecular flexibility index (Phi) is 19.6. The lowest BCUT2D eigenvalue weighted by Crippen LogP contribution is -2.72. The maximum absolute atomic E-state index is 13.9. The fraction of sp³-hybridized carbons (Fsp3) is 0.794. The molecule has 4 saturated carbocycles. The van der Waals surface area contributed by atoms with Crippen molar-refractivity contribution in [2.75, 3.05) is 26.4 Å². The topological polar surface area (TPSA) is 407 Å². The molecule has 4 saturated heterocycles. The van der Waals surface area contributed by atoms with E-state index >= 15 is 0 Å². The van der Waals surface area contributed by atoms with Gasteiger partial charge in [0, 0.05) is 18.4 Å². The van der Waals surface area contributed by atoms with Crippen molar-refractivity contribution in [1.29, 1.82) is 0 Å². The lowest BCUT2D eigenvalue weighted by molar-refractivity contribution is -0.399. The minimum Gasteiger partial charge on any atom is -0.479 e. The van der Waals surface area contributed by atoms with Gasteiger partial charge in [-0.2, -0.15) is 0 Å². The van der Waals surface area contributed by atoms with Gasteiger partial charge in [-0.1, -0.05) is 90.4 Å². The number of esters is 2. The number of aliphatic hydroxyl groups is 12. The number of hydrogen-bond donors (Lipinski definition) is 13. The number of carboxylic acids is 1. The van der Waals surface area contributed by atoms with Crippen LogP contribution in [0.1, 0.15) is 106 Å². The molecule has 89 heavy (non-hydrogen) atoms. The fourth-order valence-corrected chi connectivity index (χ4v) is 17.7. The van der Waals surface area contributed by atoms with Crippen molar-refractivity contribution in [3.8, 4) is 0 Å². The molecule has 13 N–H and O–H groups in total. The zero-order valence-corrected chi connectivity index (χ0v) is 51.5. The zero-order valence-electron chi connectivity index (χ0n) is 51.5. The van der Waals surface area contributed by atoms with Crippen molar-refractivity contribution in [3.05, 3.63) is 53.6 Å². The summed E-state index contributed by atoms with van der Waals surface area (Å²) >= 11 is 0. The summed E-state index contributed by atoms with van der Waals surface area (Å²) in [6, 6.07) is 9.16. The number of carbonyl (C=O) groups excluding carboxylic acids is 2. The van der Waals surface area contributed by atoms with Gasteiger partial charge < -0.3 is 114 Å². The minimum absolute atomic E-state index is 0.0239. The van der Waals surface area contributed by atoms with Crippen LogP contribution in [-0.4, -0.2) is 246 Å². The second kappa shape index (κ2) is 25.6. The van der Waals surface area contributed by atoms with E-state index in [2.05, 4.69) is 26.8 Å². The summed E-state index contributed by atoms with van der Waals surface area (Å²) < 4.78 is 61.1. The molecule has 3 unspecified atom stereocenters. The van der Waals surface area contributed by atoms with Crippen LogP contribution in [-0.2, 0) is 61.8 Å². The standard InChI is InChI=1S/C63H92O26/c1-28(66)82-51-52(85-39(70)17-14-29-12-10-9-11-13-29)63(27-65)31(22-58(51,2)3)30-15-16-36-60(6)20-19-38(59(4,5)35(60)18-21-61(36,7)62(30,8)23-37(63)69)84-57-50(89-55-45(76)43(74)42(73)34(24-64)83-55)47(46(77)48(87-57)53(78)79)86-56-49(41(72)33(68)26-81-56)88-54-44(75)40(71)32(67)25-80-54/h9-15,17,31-38,40-52,54-57,64-65,67-69,71-77H,16,18-27H2,1-8H3,(H,78,79)/b17-14+/t31?,32-,33+,34-,35?,36?,37-,38+,40+,41+,42+,43+,44-,45-,46+,47+,48+,49-,50-,51+,52+,54+,55+,56+,57-,60+,61-,62-,63+/m1/s1. The normalized spacial score (nSPS) is 48.6. The molecule has 4 aliphatic heterocycles. The van der Waals surface area contributed by atoms with E-state index < -0.39 is 218 Å². The van der Waals surface area contributed by atoms with Crippen LogP contribution >= 0.6 is 0 Å². The molecule has 0 bridgehead atoms. The van der Waals surface area contributed by atoms with Crippen LogP contribution in [0.15, 0.2) is 48.1 Å². The van der Waals surface area contributed by atoms with E-state index in [4.69, 9.17) is 47.4 Å². The van der Waals surface area contributed by atoms with E-state index in [1.165, 1.54) is 13.0 Å². The molecule has 1 aromatic carbocycles. The molecule has 4 heterocycles. The molecular weight excluding hydrogens is 1170 g/mol. The molecule has 10 rings (SSSR count). The number of rotatable bonds is 15. The van der Waals surface area contributed by atoms with Gasteiger partial charge in [0.1, 0.15) is 85.5 Å². The van der Waals surface area contributed by atoms with Crippen molar-refractivity contribution < 1.29 is 128 Å². The Morgan fingerprint density at radius 3 is 1.93 bits per heavy atom. The predicted molar refractivity (Wildman–Crippen MR) is 304 cm³/mol. The van der Waals surface area contributed by atoms with Crippen LogP contribution in [0.4, 0.5) is 0 Å². The van der Waals surface area contributed by atoms with E-state index in [0.29, 0.717) is 38.5 Å². The highest BCUT2D eigenvalue weighted by Crippen LogP contribution is 2.76. The molecule has 26 heteroatoms. The molecule has 500 valence electrons. The highest BCUT2D eigenvalue weighted by Gasteiger charge is 2.74. The van der Waals surface area contributed by atoms with Crippen LogP contribution in [0.3, 0.4) is 0 Å². The first-order chi connectivity index (χ1) is 41.8. The lowest BCUT2D eigenvalue weighted by Gasteiger charge is -2.72. The molecule has 26 nitrogen and oxygen atoms in total. The number of benzene rings is 1. The van der Waals surface area contributed by atoms with Gasteiger partial charge in [0.15, 0.2) is 37.4 Å². The maximum atomic E-state index is 13.9. The van der Waals surface area contributed by atoms with Gasteiger partial charge in [0.25, 0.3) is 0 Å². The molecule has 8 fully saturated rings. The third-order valence-corrected chi connectivity index (χ3v) is 22.7. The molecule has 29 atom stereocenters. The van der Waals surface area contributed by atoms with E-state index in [1.807, 2.05) is 58.0 Å². The minimum atomic E-state index is -2.22. The Morgan fingerprint density at radius 1 is 0.640 bits per heavy atom. The summed E-state index contributed by atoms with van der Waals surface area (Å²) in [6.45, 7) is 13.3. The summed E-state index contributed by atoms with van der Waals surface area (Å²) in [6.07, 6.45) is -29.6. The average Bonchev–Trinajstić information content (AvgIpc) is 0.675. The van der Waals surface area contributed by atoms with Crippen LogP contribution in [0, 0.1) is 50.2 Å². The summed E-state index contributed by atoms with van der Waals surface area (Å²) in [5.41, 5.74) is -2.92. The Morgan fingerprint density at radius 2 is 1.28 bits per heavy atom. The van der Waals surface area contributed by atoms with E-state index in [0.717, 1.165) is 11.1 Å². The maximum Gasteiger partial charge on any atom is 0.335 e. The number of hydrogen-bond acceptors (Lipinski definition) is 25. The molecule has 0 amide bonds. The van der Waals surface area contributed by atoms with Gasteiger partial charge in [-0.25, -0.2) is 9.59 Å². The van der Waals surface area contributed by atoms with Crippen LogP contribution in [0.2, 0.25) is 0 Å². The molecule has 9 aliphatic rings. The third-order valence-electron chi connectivity index (χ3n) is 22.7. The number of carboxylic acid groups (broad SMARTS) is 1. The number of aliphatic hydroxyl groups excluding tert-OH is 12. The molecule has 0 spiro atoms. The van der Waals surface area contributed by atoms with Gasteiger partial charge in [-0.15, -0.1) is 0 Å². The van der Waals surface area contributed by atoms with Crippen molar-refractivity contribution in [2.45, 2.75) is 235 Å². The lowest BCUT2D eigenvalue weighted by atomic mass is 9.33. The van der Waals surface area contributed by atoms with Crippen molar-refractivity contribution >= 4 is 24.0 Å². The molecule has 0 aromatic heterocycles. The van der Waals surface area contributed by atoms with Gasteiger partial charge in [0.05, 0.1) is 44.1 Å². The second-order valence-corrected chi connectivity index (χ2v) is 28.4. The number of ether oxygens (including phenoxy) is 10. The van der Waals surface area contributed by atoms with Crippen LogP contribution in [0.25, 0.3) is 6.08 Å². The Hall–Kier alpha value is -3.69. The quantitative estimate of drug-likeness (QED) is 0.0458. The molecule has 5 aliphatic carbocycles. The second-order valence-electron chi connectivity index (χ2n) is 28.4. The van der Waals surface area contributed by atoms with Crippen molar-refractivity contribution in [3.63, 3.8) is 0 Å². The third kappa shape index (κ3) is 11.8. The number of carbonyl (C=O) groups is 3. The first kappa shape index (κ1) is 68.2. The SMILES string of the molecule is CC(=O)O[C@H]1[C@H](OC(=O)/C=C/c2ccccc2)[C@@]2(CO)C(CC1(C)C)C1=CCC3[C@@]4(C)CC[C@H](O[C@@H]5O[C@H](C(=O)O)[C@@H](O)[C@H](O[C@@H]6OC[C@H](O)[C@H](O)[C@H]6O[C@@H]6OC[C@@H](O)[C@H](O)[C@H]6O)[C@H]5O[C@@H]5O[C@H](CO)[C@H](O)[C@H](O)[C@H]5O)C(C)(C)C4CC[C@@]3(C)[C@]1(C)C[C@H]2O. The Labute approximate surface area is 516 Å².